The van der Waals surface area contributed by atoms with Gasteiger partial charge in [-0.3, -0.25) is 0 Å². The van der Waals surface area contributed by atoms with E-state index in [0.717, 1.165) is 112 Å². The van der Waals surface area contributed by atoms with Crippen molar-refractivity contribution in [3.8, 4) is 78.9 Å². The standard InChI is InChI=1S/C63H43N5O2S/c1-69-54-30-18-46(19-31-54)49-22-35-59-57(38-49)58-39-50(47-20-32-55(70-2)33-21-47)23-36-60(58)68(59)53-28-16-48(17-29-53)56-34-37-61(63-62(56)65-71-66-63)67(51-24-12-44(13-25-51)42-6-4-3-5-7-42)52-26-14-45(15-27-52)43-10-8-41(40-64)9-11-43/h3-39H,1-2H3. The fourth-order valence-electron chi connectivity index (χ4n) is 9.69. The molecule has 0 aliphatic heterocycles. The van der Waals surface area contributed by atoms with E-state index < -0.39 is 0 Å². The summed E-state index contributed by atoms with van der Waals surface area (Å²) in [5, 5.41) is 11.7. The fourth-order valence-corrected chi connectivity index (χ4v) is 10.3. The van der Waals surface area contributed by atoms with E-state index in [0.29, 0.717) is 5.56 Å². The van der Waals surface area contributed by atoms with Gasteiger partial charge >= 0.3 is 0 Å². The Morgan fingerprint density at radius 2 is 0.873 bits per heavy atom. The zero-order valence-electron chi connectivity index (χ0n) is 38.8. The van der Waals surface area contributed by atoms with Gasteiger partial charge in [0.1, 0.15) is 22.5 Å². The molecule has 0 spiro atoms. The Morgan fingerprint density at radius 1 is 0.437 bits per heavy atom. The van der Waals surface area contributed by atoms with Gasteiger partial charge in [-0.05, 0) is 159 Å². The first-order chi connectivity index (χ1) is 35.0. The Hall–Kier alpha value is -9.29. The van der Waals surface area contributed by atoms with Crippen LogP contribution in [0.4, 0.5) is 17.1 Å². The van der Waals surface area contributed by atoms with Crippen molar-refractivity contribution in [2.45, 2.75) is 0 Å². The molecule has 10 aromatic carbocycles. The van der Waals surface area contributed by atoms with Gasteiger partial charge in [-0.15, -0.1) is 0 Å². The Bertz CT molecular complexity index is 3810. The summed E-state index contributed by atoms with van der Waals surface area (Å²) in [6.45, 7) is 0. The van der Waals surface area contributed by atoms with Gasteiger partial charge < -0.3 is 18.9 Å². The Labute approximate surface area is 415 Å². The number of hydrogen-bond acceptors (Lipinski definition) is 7. The zero-order valence-corrected chi connectivity index (χ0v) is 39.6. The van der Waals surface area contributed by atoms with Crippen LogP contribution in [-0.2, 0) is 0 Å². The lowest BCUT2D eigenvalue weighted by molar-refractivity contribution is 0.415. The van der Waals surface area contributed by atoms with Crippen LogP contribution in [0.1, 0.15) is 5.56 Å². The molecular formula is C63H43N5O2S. The molecule has 8 heteroatoms. The minimum absolute atomic E-state index is 0.638. The van der Waals surface area contributed by atoms with Crippen LogP contribution in [0.3, 0.4) is 0 Å². The monoisotopic (exact) mass is 933 g/mol. The lowest BCUT2D eigenvalue weighted by Gasteiger charge is -2.26. The molecule has 0 bridgehead atoms. The average molecular weight is 934 g/mol. The number of anilines is 3. The molecule has 0 fully saturated rings. The molecule has 0 amide bonds. The summed E-state index contributed by atoms with van der Waals surface area (Å²) >= 11 is 1.23. The summed E-state index contributed by atoms with van der Waals surface area (Å²) < 4.78 is 23.2. The molecule has 338 valence electrons. The second kappa shape index (κ2) is 18.3. The van der Waals surface area contributed by atoms with E-state index in [-0.39, 0.29) is 0 Å². The van der Waals surface area contributed by atoms with Crippen LogP contribution in [-0.4, -0.2) is 27.5 Å². The molecule has 0 aliphatic rings. The molecule has 2 aromatic heterocycles. The normalized spacial score (nSPS) is 11.2. The molecule has 0 N–H and O–H groups in total. The molecule has 71 heavy (non-hydrogen) atoms. The Kier molecular flexibility index (Phi) is 11.1. The Morgan fingerprint density at radius 3 is 1.38 bits per heavy atom. The van der Waals surface area contributed by atoms with Gasteiger partial charge in [0, 0.05) is 33.4 Å². The number of fused-ring (bicyclic) bond motifs is 4. The summed E-state index contributed by atoms with van der Waals surface area (Å²) in [6.07, 6.45) is 0. The molecule has 0 saturated heterocycles. The number of aromatic nitrogens is 3. The van der Waals surface area contributed by atoms with Crippen molar-refractivity contribution in [1.29, 1.82) is 5.26 Å². The fraction of sp³-hybridized carbons (Fsp3) is 0.0317. The minimum atomic E-state index is 0.638. The van der Waals surface area contributed by atoms with Crippen molar-refractivity contribution in [3.05, 3.63) is 230 Å². The average Bonchev–Trinajstić information content (AvgIpc) is 4.07. The third-order valence-corrected chi connectivity index (χ3v) is 13.9. The number of rotatable bonds is 11. The lowest BCUT2D eigenvalue weighted by Crippen LogP contribution is -2.10. The maximum Gasteiger partial charge on any atom is 0.129 e. The first-order valence-corrected chi connectivity index (χ1v) is 24.1. The molecule has 2 heterocycles. The van der Waals surface area contributed by atoms with Gasteiger partial charge in [0.05, 0.1) is 54.3 Å². The van der Waals surface area contributed by atoms with Gasteiger partial charge in [-0.2, -0.15) is 14.0 Å². The summed E-state index contributed by atoms with van der Waals surface area (Å²) in [6, 6.07) is 80.7. The highest BCUT2D eigenvalue weighted by atomic mass is 32.1. The van der Waals surface area contributed by atoms with Gasteiger partial charge in [-0.25, -0.2) is 0 Å². The summed E-state index contributed by atoms with van der Waals surface area (Å²) in [7, 11) is 3.39. The molecule has 0 atom stereocenters. The van der Waals surface area contributed by atoms with Crippen molar-refractivity contribution in [2.24, 2.45) is 0 Å². The molecule has 0 unspecified atom stereocenters. The van der Waals surface area contributed by atoms with Crippen LogP contribution >= 0.6 is 11.7 Å². The summed E-state index contributed by atoms with van der Waals surface area (Å²) in [5.74, 6) is 1.66. The number of benzene rings is 10. The maximum absolute atomic E-state index is 9.37. The number of ether oxygens (including phenoxy) is 2. The van der Waals surface area contributed by atoms with E-state index in [1.165, 1.54) is 22.5 Å². The largest absolute Gasteiger partial charge is 0.497 e. The second-order valence-corrected chi connectivity index (χ2v) is 17.9. The van der Waals surface area contributed by atoms with Crippen molar-refractivity contribution in [1.82, 2.24) is 13.3 Å². The third kappa shape index (κ3) is 8.00. The molecule has 0 radical (unpaired) electrons. The van der Waals surface area contributed by atoms with Crippen LogP contribution in [0.25, 0.3) is 94.2 Å². The quantitative estimate of drug-likeness (QED) is 0.129. The van der Waals surface area contributed by atoms with Gasteiger partial charge in [-0.1, -0.05) is 115 Å². The van der Waals surface area contributed by atoms with E-state index in [4.69, 9.17) is 18.2 Å². The second-order valence-electron chi connectivity index (χ2n) is 17.4. The van der Waals surface area contributed by atoms with E-state index in [2.05, 4.69) is 185 Å². The molecular weight excluding hydrogens is 891 g/mol. The van der Waals surface area contributed by atoms with Crippen LogP contribution in [0.2, 0.25) is 0 Å². The first-order valence-electron chi connectivity index (χ1n) is 23.3. The van der Waals surface area contributed by atoms with Gasteiger partial charge in [0.15, 0.2) is 0 Å². The van der Waals surface area contributed by atoms with E-state index in [1.807, 2.05) is 54.6 Å². The topological polar surface area (TPSA) is 76.2 Å². The first kappa shape index (κ1) is 43.0. The Balaban J connectivity index is 0.931. The van der Waals surface area contributed by atoms with E-state index in [9.17, 15) is 5.26 Å². The predicted octanol–water partition coefficient (Wildman–Crippen LogP) is 16.5. The number of methoxy groups -OCH3 is 2. The minimum Gasteiger partial charge on any atom is -0.497 e. The highest BCUT2D eigenvalue weighted by Gasteiger charge is 2.21. The summed E-state index contributed by atoms with van der Waals surface area (Å²) in [4.78, 5) is 2.26. The molecule has 12 aromatic rings. The smallest absolute Gasteiger partial charge is 0.129 e. The highest BCUT2D eigenvalue weighted by Crippen LogP contribution is 2.43. The van der Waals surface area contributed by atoms with Gasteiger partial charge in [0.25, 0.3) is 0 Å². The van der Waals surface area contributed by atoms with Crippen molar-refractivity contribution in [3.63, 3.8) is 0 Å². The van der Waals surface area contributed by atoms with Gasteiger partial charge in [0.2, 0.25) is 0 Å². The van der Waals surface area contributed by atoms with Crippen LogP contribution in [0.5, 0.6) is 11.5 Å². The third-order valence-electron chi connectivity index (χ3n) is 13.4. The van der Waals surface area contributed by atoms with E-state index >= 15 is 0 Å². The zero-order chi connectivity index (χ0) is 47.8. The number of nitriles is 1. The van der Waals surface area contributed by atoms with Crippen LogP contribution < -0.4 is 14.4 Å². The predicted molar refractivity (Wildman–Crippen MR) is 291 cm³/mol. The number of nitrogens with zero attached hydrogens (tertiary/aromatic N) is 5. The highest BCUT2D eigenvalue weighted by molar-refractivity contribution is 7.00. The molecule has 0 saturated carbocycles. The lowest BCUT2D eigenvalue weighted by atomic mass is 10.00. The molecule has 0 aliphatic carbocycles. The maximum atomic E-state index is 9.37. The molecule has 7 nitrogen and oxygen atoms in total. The van der Waals surface area contributed by atoms with Crippen LogP contribution in [0, 0.1) is 11.3 Å². The van der Waals surface area contributed by atoms with Crippen LogP contribution in [0.15, 0.2) is 224 Å². The summed E-state index contributed by atoms with van der Waals surface area (Å²) in [5.41, 5.74) is 19.5. The number of hydrogen-bond donors (Lipinski definition) is 0. The van der Waals surface area contributed by atoms with Crippen molar-refractivity contribution >= 4 is 61.6 Å². The van der Waals surface area contributed by atoms with E-state index in [1.54, 1.807) is 14.2 Å². The van der Waals surface area contributed by atoms with Crippen molar-refractivity contribution < 1.29 is 9.47 Å². The molecule has 12 rings (SSSR count). The SMILES string of the molecule is COc1ccc(-c2ccc3c(c2)c2cc(-c4ccc(OC)cc4)ccc2n3-c2ccc(-c3ccc(N(c4ccc(-c5ccccc5)cc4)c4ccc(-c5ccc(C#N)cc5)cc4)c4nsnc34)cc2)cc1. The van der Waals surface area contributed by atoms with Crippen molar-refractivity contribution in [2.75, 3.05) is 19.1 Å².